The standard InChI is InChI=1S/C14H23NO2S/c1-5-17-8-6-7-11(16)9-13-15-12(10-18-13)14(2,3)4/h10H,5-9H2,1-4H3. The Hall–Kier alpha value is -0.740. The molecule has 102 valence electrons. The molecular formula is C14H23NO2S. The maximum atomic E-state index is 11.7. The number of Topliss-reactive ketones (excluding diaryl/α,β-unsaturated/α-hetero) is 1. The van der Waals surface area contributed by atoms with Crippen LogP contribution in [0.25, 0.3) is 0 Å². The fourth-order valence-electron chi connectivity index (χ4n) is 1.51. The summed E-state index contributed by atoms with van der Waals surface area (Å²) in [6.45, 7) is 9.76. The van der Waals surface area contributed by atoms with Gasteiger partial charge < -0.3 is 4.74 Å². The van der Waals surface area contributed by atoms with E-state index in [0.29, 0.717) is 19.4 Å². The van der Waals surface area contributed by atoms with Gasteiger partial charge in [0.2, 0.25) is 0 Å². The molecule has 0 N–H and O–H groups in total. The lowest BCUT2D eigenvalue weighted by molar-refractivity contribution is -0.118. The van der Waals surface area contributed by atoms with Crippen molar-refractivity contribution >= 4 is 17.1 Å². The van der Waals surface area contributed by atoms with Gasteiger partial charge in [-0.2, -0.15) is 0 Å². The Kier molecular flexibility index (Phi) is 5.96. The van der Waals surface area contributed by atoms with Crippen molar-refractivity contribution in [3.05, 3.63) is 16.1 Å². The second-order valence-corrected chi connectivity index (χ2v) is 6.34. The molecule has 0 spiro atoms. The van der Waals surface area contributed by atoms with Crippen molar-refractivity contribution in [1.29, 1.82) is 0 Å². The first kappa shape index (κ1) is 15.3. The van der Waals surface area contributed by atoms with Crippen molar-refractivity contribution in [2.24, 2.45) is 0 Å². The minimum absolute atomic E-state index is 0.0623. The number of hydrogen-bond acceptors (Lipinski definition) is 4. The fraction of sp³-hybridized carbons (Fsp3) is 0.714. The van der Waals surface area contributed by atoms with Crippen LogP contribution in [0, 0.1) is 0 Å². The van der Waals surface area contributed by atoms with Gasteiger partial charge in [0.25, 0.3) is 0 Å². The molecule has 4 heteroatoms. The van der Waals surface area contributed by atoms with Crippen molar-refractivity contribution < 1.29 is 9.53 Å². The molecule has 0 aromatic carbocycles. The molecule has 18 heavy (non-hydrogen) atoms. The maximum Gasteiger partial charge on any atom is 0.139 e. The SMILES string of the molecule is CCOCCCC(=O)Cc1nc(C(C)(C)C)cs1. The predicted octanol–water partition coefficient (Wildman–Crippen LogP) is 3.37. The molecular weight excluding hydrogens is 246 g/mol. The van der Waals surface area contributed by atoms with Gasteiger partial charge >= 0.3 is 0 Å². The van der Waals surface area contributed by atoms with Crippen LogP contribution in [0.3, 0.4) is 0 Å². The molecule has 0 amide bonds. The third-order valence-corrected chi connectivity index (χ3v) is 3.47. The number of aromatic nitrogens is 1. The van der Waals surface area contributed by atoms with Crippen molar-refractivity contribution in [2.45, 2.75) is 52.4 Å². The molecule has 0 saturated heterocycles. The summed E-state index contributed by atoms with van der Waals surface area (Å²) in [5.74, 6) is 0.254. The van der Waals surface area contributed by atoms with Gasteiger partial charge in [0.1, 0.15) is 10.8 Å². The summed E-state index contributed by atoms with van der Waals surface area (Å²) in [4.78, 5) is 16.3. The van der Waals surface area contributed by atoms with Crippen LogP contribution < -0.4 is 0 Å². The average Bonchev–Trinajstić information content (AvgIpc) is 2.72. The summed E-state index contributed by atoms with van der Waals surface area (Å²) in [6.07, 6.45) is 1.86. The van der Waals surface area contributed by atoms with E-state index >= 15 is 0 Å². The molecule has 0 aliphatic heterocycles. The van der Waals surface area contributed by atoms with Gasteiger partial charge in [-0.3, -0.25) is 4.79 Å². The molecule has 0 saturated carbocycles. The van der Waals surface area contributed by atoms with Gasteiger partial charge in [-0.15, -0.1) is 11.3 Å². The Bertz CT molecular complexity index is 379. The highest BCUT2D eigenvalue weighted by Crippen LogP contribution is 2.24. The van der Waals surface area contributed by atoms with Gasteiger partial charge in [-0.1, -0.05) is 20.8 Å². The molecule has 0 fully saturated rings. The number of rotatable bonds is 7. The number of ether oxygens (including phenoxy) is 1. The van der Waals surface area contributed by atoms with Gasteiger partial charge in [0.15, 0.2) is 0 Å². The zero-order valence-corrected chi connectivity index (χ0v) is 12.6. The van der Waals surface area contributed by atoms with Crippen LogP contribution in [0.2, 0.25) is 0 Å². The Labute approximate surface area is 114 Å². The summed E-state index contributed by atoms with van der Waals surface area (Å²) in [5, 5.41) is 2.99. The van der Waals surface area contributed by atoms with E-state index in [2.05, 4.69) is 31.1 Å². The molecule has 1 rings (SSSR count). The molecule has 0 aliphatic carbocycles. The molecule has 0 aliphatic rings. The van der Waals surface area contributed by atoms with E-state index in [1.165, 1.54) is 0 Å². The zero-order valence-electron chi connectivity index (χ0n) is 11.8. The van der Waals surface area contributed by atoms with Crippen LogP contribution >= 0.6 is 11.3 Å². The fourth-order valence-corrected chi connectivity index (χ4v) is 2.56. The van der Waals surface area contributed by atoms with Crippen LogP contribution in [0.5, 0.6) is 0 Å². The second-order valence-electron chi connectivity index (χ2n) is 5.39. The summed E-state index contributed by atoms with van der Waals surface area (Å²) >= 11 is 1.59. The Morgan fingerprint density at radius 2 is 2.17 bits per heavy atom. The van der Waals surface area contributed by atoms with Gasteiger partial charge in [-0.05, 0) is 13.3 Å². The molecule has 1 aromatic heterocycles. The lowest BCUT2D eigenvalue weighted by Gasteiger charge is -2.14. The first-order valence-electron chi connectivity index (χ1n) is 6.47. The first-order chi connectivity index (χ1) is 8.43. The van der Waals surface area contributed by atoms with Gasteiger partial charge in [0.05, 0.1) is 12.1 Å². The summed E-state index contributed by atoms with van der Waals surface area (Å²) in [7, 11) is 0. The van der Waals surface area contributed by atoms with Crippen molar-refractivity contribution in [3.8, 4) is 0 Å². The number of carbonyl (C=O) groups excluding carboxylic acids is 1. The molecule has 1 aromatic rings. The lowest BCUT2D eigenvalue weighted by atomic mass is 9.93. The van der Waals surface area contributed by atoms with Crippen molar-refractivity contribution in [1.82, 2.24) is 4.98 Å². The predicted molar refractivity (Wildman–Crippen MR) is 75.3 cm³/mol. The van der Waals surface area contributed by atoms with Crippen molar-refractivity contribution in [3.63, 3.8) is 0 Å². The summed E-state index contributed by atoms with van der Waals surface area (Å²) in [6, 6.07) is 0. The Morgan fingerprint density at radius 3 is 2.72 bits per heavy atom. The number of hydrogen-bond donors (Lipinski definition) is 0. The number of carbonyl (C=O) groups is 1. The van der Waals surface area contributed by atoms with Crippen LogP contribution in [-0.4, -0.2) is 24.0 Å². The zero-order chi connectivity index (χ0) is 13.6. The van der Waals surface area contributed by atoms with Crippen LogP contribution in [0.15, 0.2) is 5.38 Å². The monoisotopic (exact) mass is 269 g/mol. The minimum Gasteiger partial charge on any atom is -0.382 e. The highest BCUT2D eigenvalue weighted by atomic mass is 32.1. The topological polar surface area (TPSA) is 39.2 Å². The number of nitrogens with zero attached hydrogens (tertiary/aromatic N) is 1. The third-order valence-electron chi connectivity index (χ3n) is 2.62. The van der Waals surface area contributed by atoms with E-state index < -0.39 is 0 Å². The maximum absolute atomic E-state index is 11.7. The van der Waals surface area contributed by atoms with E-state index in [0.717, 1.165) is 23.7 Å². The van der Waals surface area contributed by atoms with Crippen LogP contribution in [0.1, 0.15) is 51.2 Å². The Balaban J connectivity index is 2.38. The average molecular weight is 269 g/mol. The summed E-state index contributed by atoms with van der Waals surface area (Å²) < 4.78 is 5.22. The van der Waals surface area contributed by atoms with Gasteiger partial charge in [0, 0.05) is 30.4 Å². The highest BCUT2D eigenvalue weighted by molar-refractivity contribution is 7.09. The summed E-state index contributed by atoms with van der Waals surface area (Å²) in [5.41, 5.74) is 1.14. The number of thiazole rings is 1. The first-order valence-corrected chi connectivity index (χ1v) is 7.35. The van der Waals surface area contributed by atoms with E-state index in [9.17, 15) is 4.79 Å². The van der Waals surface area contributed by atoms with E-state index in [1.54, 1.807) is 11.3 Å². The second kappa shape index (κ2) is 7.00. The largest absolute Gasteiger partial charge is 0.382 e. The molecule has 0 atom stereocenters. The molecule has 1 heterocycles. The number of ketones is 1. The minimum atomic E-state index is 0.0623. The third kappa shape index (κ3) is 5.27. The molecule has 0 unspecified atom stereocenters. The molecule has 0 radical (unpaired) electrons. The smallest absolute Gasteiger partial charge is 0.139 e. The molecule has 3 nitrogen and oxygen atoms in total. The van der Waals surface area contributed by atoms with Crippen LogP contribution in [-0.2, 0) is 21.4 Å². The quantitative estimate of drug-likeness (QED) is 0.712. The van der Waals surface area contributed by atoms with E-state index in [-0.39, 0.29) is 11.2 Å². The highest BCUT2D eigenvalue weighted by Gasteiger charge is 2.18. The van der Waals surface area contributed by atoms with E-state index in [4.69, 9.17) is 4.74 Å². The normalized spacial score (nSPS) is 11.8. The Morgan fingerprint density at radius 1 is 1.44 bits per heavy atom. The van der Waals surface area contributed by atoms with Gasteiger partial charge in [-0.25, -0.2) is 4.98 Å². The molecule has 0 bridgehead atoms. The lowest BCUT2D eigenvalue weighted by Crippen LogP contribution is -2.12. The van der Waals surface area contributed by atoms with Crippen LogP contribution in [0.4, 0.5) is 0 Å². The van der Waals surface area contributed by atoms with E-state index in [1.807, 2.05) is 6.92 Å². The van der Waals surface area contributed by atoms with Crippen molar-refractivity contribution in [2.75, 3.05) is 13.2 Å².